The number of carbonyl (C=O) groups is 3. The van der Waals surface area contributed by atoms with Crippen LogP contribution >= 0.6 is 0 Å². The summed E-state index contributed by atoms with van der Waals surface area (Å²) in [6, 6.07) is -1.16. The van der Waals surface area contributed by atoms with E-state index in [2.05, 4.69) is 10.1 Å². The molecular weight excluding hydrogens is 392 g/mol. The van der Waals surface area contributed by atoms with E-state index in [1.165, 1.54) is 6.92 Å². The summed E-state index contributed by atoms with van der Waals surface area (Å²) in [6.45, 7) is 5.29. The smallest absolute Gasteiger partial charge is 0.431 e. The van der Waals surface area contributed by atoms with E-state index < -0.39 is 60.6 Å². The fourth-order valence-electron chi connectivity index (χ4n) is 2.45. The monoisotopic (exact) mass is 420 g/mol. The summed E-state index contributed by atoms with van der Waals surface area (Å²) in [7, 11) is 1.09. The van der Waals surface area contributed by atoms with E-state index in [0.29, 0.717) is 0 Å². The third kappa shape index (κ3) is 7.49. The Morgan fingerprint density at radius 3 is 2.38 bits per heavy atom. The summed E-state index contributed by atoms with van der Waals surface area (Å²) in [5.41, 5.74) is 1.23. The lowest BCUT2D eigenvalue weighted by atomic mass is 9.93. The summed E-state index contributed by atoms with van der Waals surface area (Å²) in [5, 5.41) is 31.7. The second-order valence-corrected chi connectivity index (χ2v) is 7.26. The Labute approximate surface area is 167 Å². The van der Waals surface area contributed by atoms with Gasteiger partial charge in [0.25, 0.3) is 0 Å². The fraction of sp³-hybridized carbons (Fsp3) is 0.706. The summed E-state index contributed by atoms with van der Waals surface area (Å²) in [4.78, 5) is 40.7. The van der Waals surface area contributed by atoms with Crippen LogP contribution in [0.15, 0.2) is 11.8 Å². The molecule has 0 aliphatic carbocycles. The minimum absolute atomic E-state index is 0.390. The van der Waals surface area contributed by atoms with Gasteiger partial charge in [0, 0.05) is 6.92 Å². The third-order valence-electron chi connectivity index (χ3n) is 3.64. The Morgan fingerprint density at radius 2 is 1.90 bits per heavy atom. The third-order valence-corrected chi connectivity index (χ3v) is 3.64. The average Bonchev–Trinajstić information content (AvgIpc) is 2.63. The molecular formula is C17H28N2O10. The second-order valence-electron chi connectivity index (χ2n) is 7.26. The number of methoxy groups -OCH3 is 1. The van der Waals surface area contributed by atoms with E-state index in [1.54, 1.807) is 20.8 Å². The maximum absolute atomic E-state index is 11.9. The number of ether oxygens (including phenoxy) is 3. The molecule has 1 aliphatic rings. The van der Waals surface area contributed by atoms with E-state index in [0.717, 1.165) is 13.2 Å². The molecule has 1 heterocycles. The van der Waals surface area contributed by atoms with Crippen LogP contribution in [-0.4, -0.2) is 83.1 Å². The van der Waals surface area contributed by atoms with Gasteiger partial charge < -0.3 is 34.8 Å². The van der Waals surface area contributed by atoms with Gasteiger partial charge in [-0.15, -0.1) is 0 Å². The van der Waals surface area contributed by atoms with E-state index in [1.807, 2.05) is 5.48 Å². The normalized spacial score (nSPS) is 23.7. The molecule has 0 radical (unpaired) electrons. The van der Waals surface area contributed by atoms with Crippen LogP contribution in [0, 0.1) is 0 Å². The highest BCUT2D eigenvalue weighted by Crippen LogP contribution is 2.25. The number of nitrogens with one attached hydrogen (secondary N) is 2. The van der Waals surface area contributed by atoms with Crippen LogP contribution in [0.4, 0.5) is 4.79 Å². The van der Waals surface area contributed by atoms with Gasteiger partial charge in [-0.05, 0) is 26.8 Å². The van der Waals surface area contributed by atoms with E-state index in [9.17, 15) is 24.6 Å². The standard InChI is InChI=1S/C17H28N2O10/c1-8(21)18-12-10(29-19-16(25)28-17(2,3)4)6-11(15(24)26-5)27-14(12)13(23)9(22)7-20/h6,9-10,12-14,20,22-23H,7H2,1-5H3,(H,18,21)(H,19,25)/t9-,10+,12-,13-,14-/m1/s1. The Bertz CT molecular complexity index is 630. The zero-order valence-electron chi connectivity index (χ0n) is 16.9. The van der Waals surface area contributed by atoms with Gasteiger partial charge in [-0.25, -0.2) is 9.59 Å². The van der Waals surface area contributed by atoms with Gasteiger partial charge in [-0.1, -0.05) is 0 Å². The van der Waals surface area contributed by atoms with Crippen molar-refractivity contribution < 1.29 is 48.8 Å². The summed E-state index contributed by atoms with van der Waals surface area (Å²) < 4.78 is 15.0. The van der Waals surface area contributed by atoms with Gasteiger partial charge in [0.05, 0.1) is 13.7 Å². The Morgan fingerprint density at radius 1 is 1.28 bits per heavy atom. The average molecular weight is 420 g/mol. The van der Waals surface area contributed by atoms with Crippen molar-refractivity contribution in [2.75, 3.05) is 13.7 Å². The van der Waals surface area contributed by atoms with Gasteiger partial charge in [-0.3, -0.25) is 9.63 Å². The van der Waals surface area contributed by atoms with E-state index in [-0.39, 0.29) is 5.76 Å². The highest BCUT2D eigenvalue weighted by atomic mass is 16.7. The molecule has 0 saturated carbocycles. The molecule has 12 nitrogen and oxygen atoms in total. The van der Waals surface area contributed by atoms with Gasteiger partial charge in [0.15, 0.2) is 6.10 Å². The molecule has 0 aromatic rings. The molecule has 0 aromatic carbocycles. The first-order valence-corrected chi connectivity index (χ1v) is 8.75. The number of esters is 1. The lowest BCUT2D eigenvalue weighted by Crippen LogP contribution is -2.61. The summed E-state index contributed by atoms with van der Waals surface area (Å²) in [6.07, 6.45) is -5.83. The van der Waals surface area contributed by atoms with Crippen LogP contribution in [-0.2, 0) is 28.6 Å². The maximum atomic E-state index is 11.9. The van der Waals surface area contributed by atoms with Crippen LogP contribution in [0.3, 0.4) is 0 Å². The molecule has 2 amide bonds. The van der Waals surface area contributed by atoms with Crippen molar-refractivity contribution in [3.63, 3.8) is 0 Å². The molecule has 0 spiro atoms. The minimum atomic E-state index is -1.72. The Kier molecular flexibility index (Phi) is 8.82. The van der Waals surface area contributed by atoms with Crippen molar-refractivity contribution in [2.24, 2.45) is 0 Å². The molecule has 5 N–H and O–H groups in total. The highest BCUT2D eigenvalue weighted by Gasteiger charge is 2.44. The molecule has 5 atom stereocenters. The number of carbonyl (C=O) groups excluding carboxylic acids is 3. The van der Waals surface area contributed by atoms with Crippen molar-refractivity contribution in [2.45, 2.75) is 63.8 Å². The second kappa shape index (κ2) is 10.4. The number of aliphatic hydroxyl groups excluding tert-OH is 3. The number of amides is 2. The van der Waals surface area contributed by atoms with Gasteiger partial charge in [0.2, 0.25) is 11.7 Å². The zero-order valence-corrected chi connectivity index (χ0v) is 16.9. The number of aliphatic hydroxyl groups is 3. The van der Waals surface area contributed by atoms with Crippen molar-refractivity contribution in [3.8, 4) is 0 Å². The van der Waals surface area contributed by atoms with E-state index in [4.69, 9.17) is 19.4 Å². The largest absolute Gasteiger partial charge is 0.478 e. The lowest BCUT2D eigenvalue weighted by Gasteiger charge is -2.39. The van der Waals surface area contributed by atoms with Crippen molar-refractivity contribution in [1.29, 1.82) is 0 Å². The number of hydrogen-bond donors (Lipinski definition) is 5. The van der Waals surface area contributed by atoms with Crippen LogP contribution in [0.25, 0.3) is 0 Å². The quantitative estimate of drug-likeness (QED) is 0.241. The molecule has 29 heavy (non-hydrogen) atoms. The minimum Gasteiger partial charge on any atom is -0.478 e. The molecule has 1 aliphatic heterocycles. The first kappa shape index (κ1) is 24.6. The van der Waals surface area contributed by atoms with Crippen LogP contribution < -0.4 is 10.8 Å². The molecule has 0 unspecified atom stereocenters. The summed E-state index contributed by atoms with van der Waals surface area (Å²) >= 11 is 0. The predicted octanol–water partition coefficient (Wildman–Crippen LogP) is -1.51. The van der Waals surface area contributed by atoms with Crippen molar-refractivity contribution in [3.05, 3.63) is 11.8 Å². The SMILES string of the molecule is COC(=O)C1=C[C@H](ONC(=O)OC(C)(C)C)[C@@H](NC(C)=O)[C@H]([C@H](O)[C@H](O)CO)O1. The van der Waals surface area contributed by atoms with Gasteiger partial charge in [-0.2, -0.15) is 5.48 Å². The van der Waals surface area contributed by atoms with Crippen LogP contribution in [0.2, 0.25) is 0 Å². The van der Waals surface area contributed by atoms with Crippen LogP contribution in [0.5, 0.6) is 0 Å². The molecule has 12 heteroatoms. The molecule has 0 aromatic heterocycles. The topological polar surface area (TPSA) is 173 Å². The molecule has 0 fully saturated rings. The van der Waals surface area contributed by atoms with Gasteiger partial charge in [0.1, 0.15) is 30.0 Å². The highest BCUT2D eigenvalue weighted by molar-refractivity contribution is 5.86. The maximum Gasteiger partial charge on any atom is 0.431 e. The Hall–Kier alpha value is -2.41. The number of hydrogen-bond acceptors (Lipinski definition) is 10. The van der Waals surface area contributed by atoms with Crippen molar-refractivity contribution >= 4 is 18.0 Å². The first-order valence-electron chi connectivity index (χ1n) is 8.75. The molecule has 166 valence electrons. The first-order chi connectivity index (χ1) is 13.4. The fourth-order valence-corrected chi connectivity index (χ4v) is 2.45. The van der Waals surface area contributed by atoms with E-state index >= 15 is 0 Å². The lowest BCUT2D eigenvalue weighted by molar-refractivity contribution is -0.157. The van der Waals surface area contributed by atoms with Gasteiger partial charge >= 0.3 is 12.1 Å². The van der Waals surface area contributed by atoms with Crippen LogP contribution in [0.1, 0.15) is 27.7 Å². The number of rotatable bonds is 7. The molecule has 0 bridgehead atoms. The zero-order chi connectivity index (χ0) is 22.4. The summed E-state index contributed by atoms with van der Waals surface area (Å²) in [5.74, 6) is -1.86. The molecule has 1 rings (SSSR count). The number of hydroxylamine groups is 1. The Balaban J connectivity index is 3.16. The van der Waals surface area contributed by atoms with Crippen molar-refractivity contribution in [1.82, 2.24) is 10.8 Å². The molecule has 0 saturated heterocycles. The predicted molar refractivity (Wildman–Crippen MR) is 95.9 cm³/mol.